The van der Waals surface area contributed by atoms with Crippen molar-refractivity contribution < 1.29 is 29.0 Å². The number of ketones is 1. The lowest BCUT2D eigenvalue weighted by Crippen LogP contribution is -2.62. The Hall–Kier alpha value is -1.95. The molecule has 0 aliphatic heterocycles. The largest absolute Gasteiger partial charge is 0.466 e. The van der Waals surface area contributed by atoms with E-state index < -0.39 is 18.0 Å². The van der Waals surface area contributed by atoms with E-state index in [0.717, 1.165) is 24.8 Å². The van der Waals surface area contributed by atoms with Gasteiger partial charge in [0.2, 0.25) is 0 Å². The predicted molar refractivity (Wildman–Crippen MR) is 107 cm³/mol. The maximum atomic E-state index is 13.0. The van der Waals surface area contributed by atoms with Crippen LogP contribution in [0.2, 0.25) is 0 Å². The number of aliphatic hydroxyl groups excluding tert-OH is 1. The van der Waals surface area contributed by atoms with Crippen LogP contribution in [0, 0.1) is 28.6 Å². The maximum Gasteiger partial charge on any atom is 0.330 e. The quantitative estimate of drug-likeness (QED) is 0.560. The number of esters is 2. The SMILES string of the molecule is COC(=O)C=C(COC(C)=O)CC1C(O)C2=CC(=O)C3C(C)(C)CCCC3(C)C21. The summed E-state index contributed by atoms with van der Waals surface area (Å²) in [5.41, 5.74) is 1.13. The van der Waals surface area contributed by atoms with Crippen molar-refractivity contribution in [3.05, 3.63) is 23.3 Å². The van der Waals surface area contributed by atoms with Crippen LogP contribution in [0.5, 0.6) is 0 Å². The minimum Gasteiger partial charge on any atom is -0.466 e. The van der Waals surface area contributed by atoms with Gasteiger partial charge < -0.3 is 14.6 Å². The third kappa shape index (κ3) is 3.79. The molecule has 6 heteroatoms. The predicted octanol–water partition coefficient (Wildman–Crippen LogP) is 2.99. The Labute approximate surface area is 172 Å². The Bertz CT molecular complexity index is 776. The fraction of sp³-hybridized carbons (Fsp3) is 0.696. The lowest BCUT2D eigenvalue weighted by molar-refractivity contribution is -0.150. The van der Waals surface area contributed by atoms with E-state index in [1.165, 1.54) is 20.1 Å². The van der Waals surface area contributed by atoms with Crippen LogP contribution in [0.4, 0.5) is 0 Å². The zero-order chi connectivity index (χ0) is 21.6. The number of ether oxygens (including phenoxy) is 2. The zero-order valence-electron chi connectivity index (χ0n) is 18.0. The Morgan fingerprint density at radius 1 is 1.28 bits per heavy atom. The van der Waals surface area contributed by atoms with Crippen molar-refractivity contribution in [2.45, 2.75) is 59.5 Å². The van der Waals surface area contributed by atoms with E-state index in [1.807, 2.05) is 0 Å². The molecule has 0 saturated heterocycles. The van der Waals surface area contributed by atoms with Crippen molar-refractivity contribution in [2.24, 2.45) is 28.6 Å². The summed E-state index contributed by atoms with van der Waals surface area (Å²) in [6.45, 7) is 7.82. The van der Waals surface area contributed by atoms with Crippen LogP contribution in [0.15, 0.2) is 23.3 Å². The van der Waals surface area contributed by atoms with Gasteiger partial charge in [0.15, 0.2) is 5.78 Å². The number of hydrogen-bond acceptors (Lipinski definition) is 6. The summed E-state index contributed by atoms with van der Waals surface area (Å²) in [4.78, 5) is 36.0. The molecule has 5 unspecified atom stereocenters. The van der Waals surface area contributed by atoms with Crippen molar-refractivity contribution in [3.63, 3.8) is 0 Å². The van der Waals surface area contributed by atoms with Gasteiger partial charge in [-0.2, -0.15) is 0 Å². The average Bonchev–Trinajstić information content (AvgIpc) is 2.62. The summed E-state index contributed by atoms with van der Waals surface area (Å²) in [6, 6.07) is 0. The highest BCUT2D eigenvalue weighted by Crippen LogP contribution is 2.65. The molecule has 0 amide bonds. The number of rotatable bonds is 5. The highest BCUT2D eigenvalue weighted by atomic mass is 16.5. The molecule has 6 nitrogen and oxygen atoms in total. The first-order valence-corrected chi connectivity index (χ1v) is 10.4. The first kappa shape index (κ1) is 21.8. The molecule has 0 aromatic heterocycles. The topological polar surface area (TPSA) is 89.9 Å². The van der Waals surface area contributed by atoms with Gasteiger partial charge in [-0.25, -0.2) is 4.79 Å². The van der Waals surface area contributed by atoms with Crippen LogP contribution >= 0.6 is 0 Å². The highest BCUT2D eigenvalue weighted by molar-refractivity contribution is 5.95. The van der Waals surface area contributed by atoms with Gasteiger partial charge >= 0.3 is 11.9 Å². The molecule has 29 heavy (non-hydrogen) atoms. The van der Waals surface area contributed by atoms with E-state index in [-0.39, 0.29) is 41.0 Å². The Morgan fingerprint density at radius 2 is 1.97 bits per heavy atom. The third-order valence-electron chi connectivity index (χ3n) is 7.30. The Balaban J connectivity index is 1.90. The van der Waals surface area contributed by atoms with E-state index >= 15 is 0 Å². The smallest absolute Gasteiger partial charge is 0.330 e. The van der Waals surface area contributed by atoms with Crippen LogP contribution in [0.25, 0.3) is 0 Å². The number of carbonyl (C=O) groups excluding carboxylic acids is 3. The van der Waals surface area contributed by atoms with E-state index in [1.54, 1.807) is 6.08 Å². The average molecular weight is 405 g/mol. The Morgan fingerprint density at radius 3 is 2.59 bits per heavy atom. The van der Waals surface area contributed by atoms with E-state index in [2.05, 4.69) is 20.8 Å². The number of methoxy groups -OCH3 is 1. The minimum atomic E-state index is -0.717. The van der Waals surface area contributed by atoms with Crippen LogP contribution in [0.3, 0.4) is 0 Å². The molecule has 0 aromatic rings. The summed E-state index contributed by atoms with van der Waals surface area (Å²) >= 11 is 0. The number of hydrogen-bond donors (Lipinski definition) is 1. The van der Waals surface area contributed by atoms with E-state index in [4.69, 9.17) is 9.47 Å². The fourth-order valence-electron chi connectivity index (χ4n) is 6.30. The van der Waals surface area contributed by atoms with Gasteiger partial charge in [0.1, 0.15) is 6.61 Å². The van der Waals surface area contributed by atoms with Gasteiger partial charge in [0.05, 0.1) is 13.2 Å². The van der Waals surface area contributed by atoms with Crippen molar-refractivity contribution in [1.82, 2.24) is 0 Å². The second kappa shape index (κ2) is 7.71. The molecule has 3 aliphatic rings. The molecular weight excluding hydrogens is 372 g/mol. The number of fused-ring (bicyclic) bond motifs is 3. The second-order valence-corrected chi connectivity index (χ2v) is 9.72. The normalized spacial score (nSPS) is 35.6. The van der Waals surface area contributed by atoms with Gasteiger partial charge in [-0.3, -0.25) is 9.59 Å². The van der Waals surface area contributed by atoms with Gasteiger partial charge in [-0.15, -0.1) is 0 Å². The third-order valence-corrected chi connectivity index (χ3v) is 7.30. The molecule has 0 spiro atoms. The maximum absolute atomic E-state index is 13.0. The molecule has 2 saturated carbocycles. The number of carbonyl (C=O) groups is 3. The van der Waals surface area contributed by atoms with Gasteiger partial charge in [0, 0.05) is 18.9 Å². The molecule has 0 heterocycles. The molecule has 0 radical (unpaired) electrons. The van der Waals surface area contributed by atoms with Gasteiger partial charge in [-0.05, 0) is 59.2 Å². The molecular formula is C23H32O6. The molecule has 1 N–H and O–H groups in total. The van der Waals surface area contributed by atoms with Crippen molar-refractivity contribution in [2.75, 3.05) is 13.7 Å². The van der Waals surface area contributed by atoms with Gasteiger partial charge in [0.25, 0.3) is 0 Å². The zero-order valence-corrected chi connectivity index (χ0v) is 18.0. The lowest BCUT2D eigenvalue weighted by atomic mass is 9.41. The number of allylic oxidation sites excluding steroid dienone is 1. The molecule has 2 fully saturated rings. The van der Waals surface area contributed by atoms with Crippen LogP contribution < -0.4 is 0 Å². The highest BCUT2D eigenvalue weighted by Gasteiger charge is 2.63. The van der Waals surface area contributed by atoms with Crippen molar-refractivity contribution >= 4 is 17.7 Å². The van der Waals surface area contributed by atoms with Crippen LogP contribution in [-0.2, 0) is 23.9 Å². The summed E-state index contributed by atoms with van der Waals surface area (Å²) in [5.74, 6) is -0.932. The minimum absolute atomic E-state index is 0.00993. The summed E-state index contributed by atoms with van der Waals surface area (Å²) in [6.07, 6.45) is 5.72. The van der Waals surface area contributed by atoms with E-state index in [0.29, 0.717) is 12.0 Å². The van der Waals surface area contributed by atoms with Crippen molar-refractivity contribution in [1.29, 1.82) is 0 Å². The lowest BCUT2D eigenvalue weighted by Gasteiger charge is -2.63. The standard InChI is InChI=1S/C23H32O6/c1-13(24)29-12-14(10-18(26)28-5)9-15-19-16(20(15)27)11-17(25)21-22(2,3)7-6-8-23(19,21)4/h10-11,15,19-21,27H,6-9,12H2,1-5H3. The fourth-order valence-corrected chi connectivity index (χ4v) is 6.30. The monoisotopic (exact) mass is 404 g/mol. The first-order valence-electron chi connectivity index (χ1n) is 10.4. The summed E-state index contributed by atoms with van der Waals surface area (Å²) < 4.78 is 9.83. The van der Waals surface area contributed by atoms with Gasteiger partial charge in [-0.1, -0.05) is 27.2 Å². The van der Waals surface area contributed by atoms with Crippen molar-refractivity contribution in [3.8, 4) is 0 Å². The van der Waals surface area contributed by atoms with Crippen LogP contribution in [0.1, 0.15) is 53.4 Å². The number of aliphatic hydroxyl groups is 1. The molecule has 160 valence electrons. The molecule has 3 aliphatic carbocycles. The van der Waals surface area contributed by atoms with Crippen LogP contribution in [-0.4, -0.2) is 42.6 Å². The van der Waals surface area contributed by atoms with E-state index in [9.17, 15) is 19.5 Å². The Kier molecular flexibility index (Phi) is 5.78. The molecule has 0 aromatic carbocycles. The summed E-state index contributed by atoms with van der Waals surface area (Å²) in [5, 5.41) is 10.8. The molecule has 3 rings (SSSR count). The molecule has 0 bridgehead atoms. The first-order chi connectivity index (χ1) is 13.5. The second-order valence-electron chi connectivity index (χ2n) is 9.72. The summed E-state index contributed by atoms with van der Waals surface area (Å²) in [7, 11) is 1.30. The molecule has 5 atom stereocenters.